The number of hydrogen-bond acceptors (Lipinski definition) is 5. The summed E-state index contributed by atoms with van der Waals surface area (Å²) in [4.78, 5) is 19.5. The predicted octanol–water partition coefficient (Wildman–Crippen LogP) is 1.48. The van der Waals surface area contributed by atoms with Gasteiger partial charge in [-0.1, -0.05) is 0 Å². The summed E-state index contributed by atoms with van der Waals surface area (Å²) in [7, 11) is 0. The van der Waals surface area contributed by atoms with Crippen molar-refractivity contribution < 1.29 is 0 Å². The van der Waals surface area contributed by atoms with E-state index in [4.69, 9.17) is 0 Å². The molecule has 0 saturated carbocycles. The van der Waals surface area contributed by atoms with Crippen LogP contribution in [0.15, 0.2) is 23.4 Å². The highest BCUT2D eigenvalue weighted by Gasteiger charge is 2.06. The predicted molar refractivity (Wildman–Crippen MR) is 52.8 cm³/mol. The van der Waals surface area contributed by atoms with Crippen LogP contribution in [-0.2, 0) is 0 Å². The molecule has 0 spiro atoms. The third-order valence-corrected chi connectivity index (χ3v) is 2.42. The first-order valence-corrected chi connectivity index (χ1v) is 4.92. The summed E-state index contributed by atoms with van der Waals surface area (Å²) in [6.45, 7) is 0. The first-order chi connectivity index (χ1) is 6.93. The van der Waals surface area contributed by atoms with Crippen LogP contribution in [-0.4, -0.2) is 24.9 Å². The number of fused-ring (bicyclic) bond motifs is 1. The topological polar surface area (TPSA) is 67.3 Å². The van der Waals surface area contributed by atoms with Crippen LogP contribution in [0.3, 0.4) is 0 Å². The van der Waals surface area contributed by atoms with E-state index in [9.17, 15) is 0 Å². The summed E-state index contributed by atoms with van der Waals surface area (Å²) < 4.78 is 0. The van der Waals surface area contributed by atoms with E-state index >= 15 is 0 Å². The second kappa shape index (κ2) is 2.85. The minimum absolute atomic E-state index is 0.669. The number of rotatable bonds is 1. The van der Waals surface area contributed by atoms with Gasteiger partial charge < -0.3 is 4.98 Å². The molecule has 6 heteroatoms. The maximum absolute atomic E-state index is 4.29. The monoisotopic (exact) mass is 203 g/mol. The molecule has 0 fully saturated rings. The minimum atomic E-state index is 0.669. The third kappa shape index (κ3) is 1.08. The van der Waals surface area contributed by atoms with Crippen LogP contribution in [0, 0.1) is 0 Å². The van der Waals surface area contributed by atoms with Gasteiger partial charge in [0.05, 0.1) is 11.7 Å². The van der Waals surface area contributed by atoms with E-state index in [1.807, 2.05) is 5.38 Å². The van der Waals surface area contributed by atoms with Crippen LogP contribution in [0.4, 0.5) is 0 Å². The Morgan fingerprint density at radius 3 is 3.07 bits per heavy atom. The Kier molecular flexibility index (Phi) is 1.54. The molecule has 0 atom stereocenters. The fourth-order valence-electron chi connectivity index (χ4n) is 1.21. The van der Waals surface area contributed by atoms with Gasteiger partial charge in [0, 0.05) is 5.38 Å². The molecule has 14 heavy (non-hydrogen) atoms. The van der Waals surface area contributed by atoms with Crippen LogP contribution in [0.2, 0.25) is 0 Å². The van der Waals surface area contributed by atoms with Crippen LogP contribution in [0.1, 0.15) is 0 Å². The fraction of sp³-hybridized carbons (Fsp3) is 0. The van der Waals surface area contributed by atoms with Gasteiger partial charge >= 0.3 is 0 Å². The summed E-state index contributed by atoms with van der Waals surface area (Å²) in [6, 6.07) is 0. The van der Waals surface area contributed by atoms with Gasteiger partial charge in [0.25, 0.3) is 0 Å². The Balaban J connectivity index is 2.24. The first kappa shape index (κ1) is 7.57. The Bertz CT molecular complexity index is 523. The van der Waals surface area contributed by atoms with E-state index in [0.717, 1.165) is 17.0 Å². The number of aromatic amines is 1. The van der Waals surface area contributed by atoms with E-state index in [1.165, 1.54) is 17.7 Å². The normalized spacial score (nSPS) is 10.9. The molecule has 3 aromatic heterocycles. The van der Waals surface area contributed by atoms with Crippen molar-refractivity contribution in [3.63, 3.8) is 0 Å². The lowest BCUT2D eigenvalue weighted by atomic mass is 10.5. The molecule has 1 N–H and O–H groups in total. The second-order valence-electron chi connectivity index (χ2n) is 2.72. The molecule has 5 nitrogen and oxygen atoms in total. The molecule has 3 rings (SSSR count). The molecular formula is C8H5N5S. The number of imidazole rings is 1. The number of hydrogen-bond donors (Lipinski definition) is 1. The number of aromatic nitrogens is 5. The Morgan fingerprint density at radius 1 is 1.29 bits per heavy atom. The van der Waals surface area contributed by atoms with Crippen molar-refractivity contribution in [1.82, 2.24) is 24.9 Å². The zero-order chi connectivity index (χ0) is 9.38. The lowest BCUT2D eigenvalue weighted by molar-refractivity contribution is 1.20. The molecule has 3 aromatic rings. The van der Waals surface area contributed by atoms with Crippen molar-refractivity contribution in [1.29, 1.82) is 0 Å². The minimum Gasteiger partial charge on any atom is -0.334 e. The molecule has 0 amide bonds. The van der Waals surface area contributed by atoms with Crippen LogP contribution in [0.5, 0.6) is 0 Å². The molecule has 0 saturated heterocycles. The second-order valence-corrected chi connectivity index (χ2v) is 3.44. The molecule has 0 bridgehead atoms. The smallest absolute Gasteiger partial charge is 0.181 e. The number of nitrogens with one attached hydrogen (secondary N) is 1. The summed E-state index contributed by atoms with van der Waals surface area (Å²) in [5.74, 6) is 0.738. The van der Waals surface area contributed by atoms with E-state index in [-0.39, 0.29) is 0 Å². The van der Waals surface area contributed by atoms with Crippen LogP contribution < -0.4 is 0 Å². The molecule has 0 aliphatic carbocycles. The van der Waals surface area contributed by atoms with Gasteiger partial charge in [-0.25, -0.2) is 19.9 Å². The Hall–Kier alpha value is -1.82. The Labute approximate surface area is 82.9 Å². The standard InChI is InChI=1S/C8H5N5S/c1-5-7(10-3-9-1)13-8(12-5)6-2-14-4-11-6/h1-4H,(H,9,10,12,13). The van der Waals surface area contributed by atoms with Crippen molar-refractivity contribution in [2.75, 3.05) is 0 Å². The number of thiazole rings is 1. The highest BCUT2D eigenvalue weighted by atomic mass is 32.1. The maximum atomic E-state index is 4.29. The van der Waals surface area contributed by atoms with Crippen LogP contribution >= 0.6 is 11.3 Å². The van der Waals surface area contributed by atoms with E-state index < -0.39 is 0 Å². The molecule has 0 aliphatic rings. The maximum Gasteiger partial charge on any atom is 0.181 e. The van der Waals surface area contributed by atoms with Crippen molar-refractivity contribution in [2.45, 2.75) is 0 Å². The lowest BCUT2D eigenvalue weighted by Gasteiger charge is -1.84. The van der Waals surface area contributed by atoms with E-state index in [1.54, 1.807) is 11.7 Å². The number of nitrogens with zero attached hydrogens (tertiary/aromatic N) is 4. The molecule has 0 aliphatic heterocycles. The molecule has 3 heterocycles. The quantitative estimate of drug-likeness (QED) is 0.650. The fourth-order valence-corrected chi connectivity index (χ4v) is 1.75. The van der Waals surface area contributed by atoms with Crippen LogP contribution in [0.25, 0.3) is 22.7 Å². The van der Waals surface area contributed by atoms with Gasteiger partial charge in [-0.05, 0) is 0 Å². The van der Waals surface area contributed by atoms with Gasteiger partial charge in [0.1, 0.15) is 17.5 Å². The summed E-state index contributed by atoms with van der Waals surface area (Å²) >= 11 is 1.54. The largest absolute Gasteiger partial charge is 0.334 e. The van der Waals surface area contributed by atoms with E-state index in [2.05, 4.69) is 24.9 Å². The highest BCUT2D eigenvalue weighted by molar-refractivity contribution is 7.07. The van der Waals surface area contributed by atoms with Crippen molar-refractivity contribution in [2.24, 2.45) is 0 Å². The molecule has 0 radical (unpaired) electrons. The SMILES string of the molecule is c1ncc2[nH]c(-c3cscn3)nc2n1. The van der Waals surface area contributed by atoms with E-state index in [0.29, 0.717) is 5.65 Å². The molecular weight excluding hydrogens is 198 g/mol. The van der Waals surface area contributed by atoms with Crippen molar-refractivity contribution in [3.8, 4) is 11.5 Å². The van der Waals surface area contributed by atoms with Crippen molar-refractivity contribution in [3.05, 3.63) is 23.4 Å². The third-order valence-electron chi connectivity index (χ3n) is 1.84. The first-order valence-electron chi connectivity index (χ1n) is 3.98. The summed E-state index contributed by atoms with van der Waals surface area (Å²) in [5, 5.41) is 1.94. The molecule has 0 aromatic carbocycles. The summed E-state index contributed by atoms with van der Waals surface area (Å²) in [6.07, 6.45) is 3.18. The summed E-state index contributed by atoms with van der Waals surface area (Å²) in [5.41, 5.74) is 4.11. The van der Waals surface area contributed by atoms with Crippen molar-refractivity contribution >= 4 is 22.5 Å². The van der Waals surface area contributed by atoms with Gasteiger partial charge in [0.15, 0.2) is 11.5 Å². The van der Waals surface area contributed by atoms with Gasteiger partial charge in [-0.15, -0.1) is 11.3 Å². The van der Waals surface area contributed by atoms with Gasteiger partial charge in [0.2, 0.25) is 0 Å². The zero-order valence-corrected chi connectivity index (χ0v) is 7.82. The van der Waals surface area contributed by atoms with Gasteiger partial charge in [-0.3, -0.25) is 0 Å². The molecule has 68 valence electrons. The zero-order valence-electron chi connectivity index (χ0n) is 7.01. The van der Waals surface area contributed by atoms with Gasteiger partial charge in [-0.2, -0.15) is 0 Å². The molecule has 0 unspecified atom stereocenters. The number of H-pyrrole nitrogens is 1. The lowest BCUT2D eigenvalue weighted by Crippen LogP contribution is -1.78. The Morgan fingerprint density at radius 2 is 2.29 bits per heavy atom. The highest BCUT2D eigenvalue weighted by Crippen LogP contribution is 2.17. The average molecular weight is 203 g/mol. The average Bonchev–Trinajstić information content (AvgIpc) is 2.86.